The molecule has 23 heavy (non-hydrogen) atoms. The molecule has 0 amide bonds. The quantitative estimate of drug-likeness (QED) is 0.816. The molecule has 0 bridgehead atoms. The van der Waals surface area contributed by atoms with Crippen LogP contribution in [-0.2, 0) is 14.1 Å². The van der Waals surface area contributed by atoms with E-state index in [-0.39, 0.29) is 17.2 Å². The molecule has 7 heteroatoms. The smallest absolute Gasteiger partial charge is 0.330 e. The van der Waals surface area contributed by atoms with Gasteiger partial charge in [-0.1, -0.05) is 30.3 Å². The second-order valence-electron chi connectivity index (χ2n) is 5.26. The topological polar surface area (TPSA) is 103 Å². The normalized spacial score (nSPS) is 16.5. The van der Waals surface area contributed by atoms with E-state index in [0.29, 0.717) is 5.69 Å². The highest BCUT2D eigenvalue weighted by Gasteiger charge is 2.35. The first-order chi connectivity index (χ1) is 11.0. The van der Waals surface area contributed by atoms with Gasteiger partial charge in [0.15, 0.2) is 0 Å². The molecular weight excluding hydrogens is 296 g/mol. The Labute approximate surface area is 131 Å². The molecule has 1 atom stereocenters. The molecule has 0 saturated heterocycles. The van der Waals surface area contributed by atoms with Crippen molar-refractivity contribution < 1.29 is 4.74 Å². The van der Waals surface area contributed by atoms with Crippen LogP contribution in [0, 0.1) is 11.3 Å². The molecule has 1 aromatic carbocycles. The average Bonchev–Trinajstić information content (AvgIpc) is 2.57. The minimum Gasteiger partial charge on any atom is -0.433 e. The van der Waals surface area contributed by atoms with Crippen molar-refractivity contribution in [3.05, 3.63) is 73.9 Å². The van der Waals surface area contributed by atoms with Crippen molar-refractivity contribution in [2.75, 3.05) is 0 Å². The van der Waals surface area contributed by atoms with Gasteiger partial charge < -0.3 is 10.5 Å². The van der Waals surface area contributed by atoms with Crippen molar-refractivity contribution in [1.82, 2.24) is 9.13 Å². The molecule has 2 aromatic rings. The maximum atomic E-state index is 12.4. The van der Waals surface area contributed by atoms with Gasteiger partial charge in [-0.05, 0) is 5.56 Å². The second kappa shape index (κ2) is 5.18. The summed E-state index contributed by atoms with van der Waals surface area (Å²) in [4.78, 5) is 24.6. The molecule has 0 radical (unpaired) electrons. The van der Waals surface area contributed by atoms with Crippen molar-refractivity contribution in [3.8, 4) is 11.8 Å². The zero-order chi connectivity index (χ0) is 16.7. The van der Waals surface area contributed by atoms with Gasteiger partial charge in [0.25, 0.3) is 5.56 Å². The summed E-state index contributed by atoms with van der Waals surface area (Å²) in [6.45, 7) is 0. The van der Waals surface area contributed by atoms with Gasteiger partial charge in [0, 0.05) is 14.1 Å². The third-order valence-electron chi connectivity index (χ3n) is 3.96. The standard InChI is InChI=1S/C16H14N4O3/c1-19-12-11(9-6-4-3-5-7-9)10(8-17)14(18)23-13(12)15(21)20(2)16(19)22/h3-7,11H,18H2,1-2H3. The molecule has 116 valence electrons. The van der Waals surface area contributed by atoms with E-state index in [0.717, 1.165) is 10.1 Å². The van der Waals surface area contributed by atoms with Gasteiger partial charge in [-0.3, -0.25) is 13.9 Å². The van der Waals surface area contributed by atoms with Crippen molar-refractivity contribution >= 4 is 0 Å². The third-order valence-corrected chi connectivity index (χ3v) is 3.96. The largest absolute Gasteiger partial charge is 0.433 e. The van der Waals surface area contributed by atoms with Gasteiger partial charge in [-0.25, -0.2) is 4.79 Å². The number of allylic oxidation sites excluding steroid dienone is 1. The maximum absolute atomic E-state index is 12.4. The molecule has 1 unspecified atom stereocenters. The van der Waals surface area contributed by atoms with Crippen molar-refractivity contribution in [1.29, 1.82) is 5.26 Å². The summed E-state index contributed by atoms with van der Waals surface area (Å²) in [5.41, 5.74) is 6.02. The average molecular weight is 310 g/mol. The molecule has 0 fully saturated rings. The zero-order valence-corrected chi connectivity index (χ0v) is 12.6. The molecular formula is C16H14N4O3. The summed E-state index contributed by atoms with van der Waals surface area (Å²) >= 11 is 0. The summed E-state index contributed by atoms with van der Waals surface area (Å²) in [5, 5.41) is 9.46. The number of aromatic nitrogens is 2. The minimum atomic E-state index is -0.628. The molecule has 1 aliphatic rings. The fraction of sp³-hybridized carbons (Fsp3) is 0.188. The van der Waals surface area contributed by atoms with Crippen LogP contribution in [-0.4, -0.2) is 9.13 Å². The number of nitriles is 1. The number of nitrogens with two attached hydrogens (primary N) is 1. The van der Waals surface area contributed by atoms with Crippen LogP contribution in [0.5, 0.6) is 5.75 Å². The van der Waals surface area contributed by atoms with Gasteiger partial charge in [0.2, 0.25) is 11.6 Å². The van der Waals surface area contributed by atoms with Gasteiger partial charge in [0.1, 0.15) is 11.6 Å². The minimum absolute atomic E-state index is 0.0278. The molecule has 2 N–H and O–H groups in total. The van der Waals surface area contributed by atoms with Crippen LogP contribution in [0.1, 0.15) is 17.2 Å². The van der Waals surface area contributed by atoms with Crippen LogP contribution in [0.25, 0.3) is 0 Å². The van der Waals surface area contributed by atoms with Crippen molar-refractivity contribution in [3.63, 3.8) is 0 Å². The summed E-state index contributed by atoms with van der Waals surface area (Å²) in [6.07, 6.45) is 0. The molecule has 2 heterocycles. The molecule has 0 spiro atoms. The summed E-state index contributed by atoms with van der Waals surface area (Å²) < 4.78 is 7.64. The number of hydrogen-bond donors (Lipinski definition) is 1. The Hall–Kier alpha value is -3.27. The maximum Gasteiger partial charge on any atom is 0.330 e. The third kappa shape index (κ3) is 2.04. The highest BCUT2D eigenvalue weighted by molar-refractivity contribution is 5.52. The molecule has 1 aliphatic heterocycles. The Morgan fingerprint density at radius 2 is 1.83 bits per heavy atom. The molecule has 0 aliphatic carbocycles. The van der Waals surface area contributed by atoms with Crippen LogP contribution < -0.4 is 21.7 Å². The number of nitrogens with zero attached hydrogens (tertiary/aromatic N) is 3. The van der Waals surface area contributed by atoms with E-state index in [9.17, 15) is 14.9 Å². The van der Waals surface area contributed by atoms with E-state index in [1.54, 1.807) is 0 Å². The van der Waals surface area contributed by atoms with Crippen molar-refractivity contribution in [2.24, 2.45) is 19.8 Å². The zero-order valence-electron chi connectivity index (χ0n) is 12.6. The van der Waals surface area contributed by atoms with Crippen molar-refractivity contribution in [2.45, 2.75) is 5.92 Å². The van der Waals surface area contributed by atoms with Crippen LogP contribution in [0.3, 0.4) is 0 Å². The number of hydrogen-bond acceptors (Lipinski definition) is 5. The first kappa shape index (κ1) is 14.7. The van der Waals surface area contributed by atoms with E-state index in [1.165, 1.54) is 18.7 Å². The van der Waals surface area contributed by atoms with E-state index in [1.807, 2.05) is 36.4 Å². The lowest BCUT2D eigenvalue weighted by atomic mass is 9.86. The Balaban J connectivity index is 2.43. The van der Waals surface area contributed by atoms with Gasteiger partial charge in [-0.2, -0.15) is 5.26 Å². The first-order valence-electron chi connectivity index (χ1n) is 6.89. The van der Waals surface area contributed by atoms with Gasteiger partial charge in [-0.15, -0.1) is 0 Å². The van der Waals surface area contributed by atoms with E-state index in [4.69, 9.17) is 10.5 Å². The lowest BCUT2D eigenvalue weighted by Crippen LogP contribution is -2.42. The molecule has 1 aromatic heterocycles. The second-order valence-corrected chi connectivity index (χ2v) is 5.26. The predicted octanol–water partition coefficient (Wildman–Crippen LogP) is 0.302. The summed E-state index contributed by atoms with van der Waals surface area (Å²) in [5.74, 6) is -0.777. The van der Waals surface area contributed by atoms with Gasteiger partial charge >= 0.3 is 5.69 Å². The number of ether oxygens (including phenoxy) is 1. The summed E-state index contributed by atoms with van der Waals surface area (Å²) in [6, 6.07) is 11.1. The van der Waals surface area contributed by atoms with E-state index < -0.39 is 17.2 Å². The predicted molar refractivity (Wildman–Crippen MR) is 82.7 cm³/mol. The Bertz CT molecular complexity index is 977. The highest BCUT2D eigenvalue weighted by atomic mass is 16.5. The molecule has 7 nitrogen and oxygen atoms in total. The monoisotopic (exact) mass is 310 g/mol. The van der Waals surface area contributed by atoms with Crippen LogP contribution >= 0.6 is 0 Å². The Morgan fingerprint density at radius 3 is 2.43 bits per heavy atom. The lowest BCUT2D eigenvalue weighted by molar-refractivity contribution is 0.369. The SMILES string of the molecule is Cn1c2c(c(=O)n(C)c1=O)OC(N)=C(C#N)C2c1ccccc1. The lowest BCUT2D eigenvalue weighted by Gasteiger charge is -2.27. The van der Waals surface area contributed by atoms with Crippen LogP contribution in [0.4, 0.5) is 0 Å². The number of fused-ring (bicyclic) bond motifs is 1. The molecule has 0 saturated carbocycles. The fourth-order valence-corrected chi connectivity index (χ4v) is 2.78. The summed E-state index contributed by atoms with van der Waals surface area (Å²) in [7, 11) is 2.90. The Morgan fingerprint density at radius 1 is 1.17 bits per heavy atom. The van der Waals surface area contributed by atoms with Crippen LogP contribution in [0.2, 0.25) is 0 Å². The number of benzene rings is 1. The first-order valence-corrected chi connectivity index (χ1v) is 6.89. The molecule has 3 rings (SSSR count). The highest BCUT2D eigenvalue weighted by Crippen LogP contribution is 2.39. The fourth-order valence-electron chi connectivity index (χ4n) is 2.78. The number of rotatable bonds is 1. The van der Waals surface area contributed by atoms with Crippen LogP contribution in [0.15, 0.2) is 51.4 Å². The van der Waals surface area contributed by atoms with E-state index >= 15 is 0 Å². The van der Waals surface area contributed by atoms with E-state index in [2.05, 4.69) is 0 Å². The Kier molecular flexibility index (Phi) is 3.30. The van der Waals surface area contributed by atoms with Gasteiger partial charge in [0.05, 0.1) is 11.6 Å².